The van der Waals surface area contributed by atoms with E-state index in [0.29, 0.717) is 28.9 Å². The van der Waals surface area contributed by atoms with Crippen LogP contribution >= 0.6 is 0 Å². The normalized spacial score (nSPS) is 28.2. The Labute approximate surface area is 163 Å². The molecule has 3 heterocycles. The molecule has 4 rings (SSSR count). The number of hydrogen-bond donors (Lipinski definition) is 3. The quantitative estimate of drug-likeness (QED) is 0.572. The highest BCUT2D eigenvalue weighted by atomic mass is 19.2. The Balaban J connectivity index is 1.72. The molecular formula is C19H18F3N3O4. The van der Waals surface area contributed by atoms with Gasteiger partial charge in [0.15, 0.2) is 23.7 Å². The molecule has 10 heteroatoms. The van der Waals surface area contributed by atoms with Crippen LogP contribution in [-0.2, 0) is 4.74 Å². The van der Waals surface area contributed by atoms with Crippen molar-refractivity contribution in [3.63, 3.8) is 0 Å². The Hall–Kier alpha value is -2.53. The summed E-state index contributed by atoms with van der Waals surface area (Å²) in [5.41, 5.74) is -1.20. The first-order valence-electron chi connectivity index (χ1n) is 8.79. The van der Waals surface area contributed by atoms with Crippen LogP contribution in [0, 0.1) is 24.4 Å². The van der Waals surface area contributed by atoms with Gasteiger partial charge in [-0.15, -0.1) is 0 Å². The van der Waals surface area contributed by atoms with Crippen LogP contribution in [0.5, 0.6) is 0 Å². The van der Waals surface area contributed by atoms with E-state index in [1.165, 1.54) is 17.8 Å². The maximum absolute atomic E-state index is 13.6. The smallest absolute Gasteiger partial charge is 0.194 e. The largest absolute Gasteiger partial charge is 0.386 e. The van der Waals surface area contributed by atoms with Crippen LogP contribution in [0.15, 0.2) is 30.7 Å². The van der Waals surface area contributed by atoms with Gasteiger partial charge in [-0.1, -0.05) is 0 Å². The van der Waals surface area contributed by atoms with Crippen LogP contribution in [0.4, 0.5) is 13.2 Å². The van der Waals surface area contributed by atoms with E-state index < -0.39 is 47.6 Å². The summed E-state index contributed by atoms with van der Waals surface area (Å²) >= 11 is 0. The van der Waals surface area contributed by atoms with E-state index in [-0.39, 0.29) is 5.56 Å². The van der Waals surface area contributed by atoms with Crippen LogP contribution < -0.4 is 0 Å². The van der Waals surface area contributed by atoms with Gasteiger partial charge >= 0.3 is 0 Å². The monoisotopic (exact) mass is 409 g/mol. The Bertz CT molecular complexity index is 1060. The highest BCUT2D eigenvalue weighted by Gasteiger charge is 2.56. The lowest BCUT2D eigenvalue weighted by Gasteiger charge is -2.29. The molecule has 29 heavy (non-hydrogen) atoms. The van der Waals surface area contributed by atoms with Crippen LogP contribution in [0.3, 0.4) is 0 Å². The van der Waals surface area contributed by atoms with Crippen molar-refractivity contribution in [3.05, 3.63) is 59.4 Å². The highest BCUT2D eigenvalue weighted by molar-refractivity contribution is 5.78. The van der Waals surface area contributed by atoms with E-state index in [0.717, 1.165) is 0 Å². The second kappa shape index (κ2) is 6.77. The molecular weight excluding hydrogens is 391 g/mol. The van der Waals surface area contributed by atoms with Gasteiger partial charge in [-0.3, -0.25) is 0 Å². The van der Waals surface area contributed by atoms with E-state index in [1.54, 1.807) is 19.2 Å². The molecule has 1 aliphatic heterocycles. The van der Waals surface area contributed by atoms with E-state index in [1.807, 2.05) is 0 Å². The van der Waals surface area contributed by atoms with Gasteiger partial charge < -0.3 is 24.6 Å². The Morgan fingerprint density at radius 2 is 1.86 bits per heavy atom. The molecule has 0 aliphatic carbocycles. The number of fused-ring (bicyclic) bond motifs is 1. The maximum Gasteiger partial charge on any atom is 0.194 e. The molecule has 3 N–H and O–H groups in total. The molecule has 0 saturated carbocycles. The number of aliphatic hydroxyl groups excluding tert-OH is 2. The Morgan fingerprint density at radius 1 is 1.21 bits per heavy atom. The summed E-state index contributed by atoms with van der Waals surface area (Å²) in [6.07, 6.45) is -2.94. The van der Waals surface area contributed by atoms with Crippen molar-refractivity contribution in [1.82, 2.24) is 14.5 Å². The summed E-state index contributed by atoms with van der Waals surface area (Å²) in [4.78, 5) is 8.25. The third-order valence-electron chi connectivity index (χ3n) is 5.35. The number of aliphatic hydroxyl groups is 3. The molecule has 1 aromatic carbocycles. The van der Waals surface area contributed by atoms with Gasteiger partial charge in [-0.25, -0.2) is 23.1 Å². The number of aromatic nitrogens is 3. The van der Waals surface area contributed by atoms with E-state index in [9.17, 15) is 28.5 Å². The van der Waals surface area contributed by atoms with E-state index in [4.69, 9.17) is 4.74 Å². The number of nitrogens with zero attached hydrogens (tertiary/aromatic N) is 3. The number of halogens is 3. The molecule has 1 aliphatic rings. The fraction of sp³-hybridized carbons (Fsp3) is 0.368. The lowest BCUT2D eigenvalue weighted by atomic mass is 9.88. The van der Waals surface area contributed by atoms with Gasteiger partial charge in [-0.2, -0.15) is 0 Å². The third kappa shape index (κ3) is 2.99. The number of ether oxygens (including phenoxy) is 1. The van der Waals surface area contributed by atoms with Crippen molar-refractivity contribution < 1.29 is 33.2 Å². The van der Waals surface area contributed by atoms with Crippen molar-refractivity contribution in [3.8, 4) is 0 Å². The molecule has 2 aromatic heterocycles. The fourth-order valence-electron chi connectivity index (χ4n) is 3.65. The molecule has 0 bridgehead atoms. The van der Waals surface area contributed by atoms with Gasteiger partial charge in [0.2, 0.25) is 0 Å². The molecule has 0 amide bonds. The lowest BCUT2D eigenvalue weighted by molar-refractivity contribution is -0.115. The van der Waals surface area contributed by atoms with Crippen molar-refractivity contribution >= 4 is 11.0 Å². The minimum atomic E-state index is -2.00. The number of aryl methyl sites for hydroxylation is 1. The average molecular weight is 409 g/mol. The lowest BCUT2D eigenvalue weighted by Crippen LogP contribution is -2.47. The molecule has 1 saturated heterocycles. The summed E-state index contributed by atoms with van der Waals surface area (Å²) in [7, 11) is 0. The van der Waals surface area contributed by atoms with Crippen LogP contribution in [0.25, 0.3) is 11.0 Å². The SMILES string of the molecule is Cc1ncnc2c1ccn2[C@@H]1O[C@H]([C@@H](O)c2cc(F)c(F)c(F)c2)[C@@](C)(O)[C@H]1O. The third-order valence-corrected chi connectivity index (χ3v) is 5.35. The first-order valence-corrected chi connectivity index (χ1v) is 8.79. The van der Waals surface area contributed by atoms with Crippen LogP contribution in [0.2, 0.25) is 0 Å². The second-order valence-electron chi connectivity index (χ2n) is 7.28. The first-order chi connectivity index (χ1) is 13.6. The van der Waals surface area contributed by atoms with Gasteiger partial charge in [0.1, 0.15) is 35.9 Å². The second-order valence-corrected chi connectivity index (χ2v) is 7.28. The molecule has 5 atom stereocenters. The molecule has 154 valence electrons. The topological polar surface area (TPSA) is 101 Å². The van der Waals surface area contributed by atoms with Gasteiger partial charge in [0.05, 0.1) is 5.69 Å². The molecule has 7 nitrogen and oxygen atoms in total. The van der Waals surface area contributed by atoms with Crippen molar-refractivity contribution in [2.24, 2.45) is 0 Å². The first kappa shape index (κ1) is 19.8. The highest BCUT2D eigenvalue weighted by Crippen LogP contribution is 2.43. The zero-order valence-electron chi connectivity index (χ0n) is 15.4. The van der Waals surface area contributed by atoms with Gasteiger partial charge in [0, 0.05) is 11.6 Å². The van der Waals surface area contributed by atoms with E-state index >= 15 is 0 Å². The zero-order valence-corrected chi connectivity index (χ0v) is 15.4. The molecule has 1 fully saturated rings. The molecule has 0 radical (unpaired) electrons. The van der Waals surface area contributed by atoms with Crippen molar-refractivity contribution in [1.29, 1.82) is 0 Å². The Kier molecular flexibility index (Phi) is 4.61. The predicted octanol–water partition coefficient (Wildman–Crippen LogP) is 1.90. The van der Waals surface area contributed by atoms with Crippen LogP contribution in [-0.4, -0.2) is 47.7 Å². The molecule has 0 unspecified atom stereocenters. The summed E-state index contributed by atoms with van der Waals surface area (Å²) in [6.45, 7) is 3.01. The van der Waals surface area contributed by atoms with Crippen molar-refractivity contribution in [2.75, 3.05) is 0 Å². The molecule has 0 spiro atoms. The minimum Gasteiger partial charge on any atom is -0.386 e. The summed E-state index contributed by atoms with van der Waals surface area (Å²) in [5.74, 6) is -4.65. The summed E-state index contributed by atoms with van der Waals surface area (Å²) in [5, 5.41) is 32.8. The summed E-state index contributed by atoms with van der Waals surface area (Å²) < 4.78 is 47.6. The van der Waals surface area contributed by atoms with Gasteiger partial charge in [-0.05, 0) is 37.6 Å². The number of benzene rings is 1. The van der Waals surface area contributed by atoms with Crippen LogP contribution in [0.1, 0.15) is 30.5 Å². The minimum absolute atomic E-state index is 0.338. The average Bonchev–Trinajstić information content (AvgIpc) is 3.19. The van der Waals surface area contributed by atoms with E-state index in [2.05, 4.69) is 9.97 Å². The molecule has 3 aromatic rings. The number of rotatable bonds is 3. The Morgan fingerprint density at radius 3 is 2.52 bits per heavy atom. The maximum atomic E-state index is 13.6. The predicted molar refractivity (Wildman–Crippen MR) is 94.1 cm³/mol. The zero-order chi connectivity index (χ0) is 21.1. The number of hydrogen-bond acceptors (Lipinski definition) is 6. The standard InChI is InChI=1S/C19H18F3N3O4/c1-8-10-3-4-25(17(10)24-7-23-8)18-15(27)19(2,28)16(29-18)14(26)9-5-11(20)13(22)12(21)6-9/h3-7,14-16,18,26-28H,1-2H3/t14-,15-,16+,18+,19-/m0/s1. The van der Waals surface area contributed by atoms with Crippen molar-refractivity contribution in [2.45, 2.75) is 44.0 Å². The van der Waals surface area contributed by atoms with Gasteiger partial charge in [0.25, 0.3) is 0 Å². The summed E-state index contributed by atoms with van der Waals surface area (Å²) in [6, 6.07) is 2.94. The fourth-order valence-corrected chi connectivity index (χ4v) is 3.65.